The van der Waals surface area contributed by atoms with Crippen molar-refractivity contribution < 1.29 is 9.59 Å². The minimum atomic E-state index is -0.552. The number of urea groups is 1. The lowest BCUT2D eigenvalue weighted by molar-refractivity contribution is -0.136. The molecule has 0 spiro atoms. The van der Waals surface area contributed by atoms with Crippen molar-refractivity contribution in [2.45, 2.75) is 57.7 Å². The van der Waals surface area contributed by atoms with Crippen molar-refractivity contribution in [2.75, 3.05) is 6.54 Å². The Morgan fingerprint density at radius 1 is 1.00 bits per heavy atom. The van der Waals surface area contributed by atoms with E-state index in [1.807, 2.05) is 53.4 Å². The van der Waals surface area contributed by atoms with Gasteiger partial charge in [-0.2, -0.15) is 0 Å². The lowest BCUT2D eigenvalue weighted by Gasteiger charge is -2.35. The maximum atomic E-state index is 12.8. The van der Waals surface area contributed by atoms with Crippen LogP contribution in [0.5, 0.6) is 0 Å². The molecule has 5 nitrogen and oxygen atoms in total. The first-order chi connectivity index (χ1) is 14.0. The van der Waals surface area contributed by atoms with Crippen molar-refractivity contribution in [3.63, 3.8) is 0 Å². The van der Waals surface area contributed by atoms with E-state index in [0.29, 0.717) is 6.42 Å². The first kappa shape index (κ1) is 20.9. The van der Waals surface area contributed by atoms with E-state index in [2.05, 4.69) is 29.7 Å². The van der Waals surface area contributed by atoms with Crippen LogP contribution < -0.4 is 10.6 Å². The second-order valence-electron chi connectivity index (χ2n) is 7.87. The van der Waals surface area contributed by atoms with E-state index in [0.717, 1.165) is 36.9 Å². The van der Waals surface area contributed by atoms with Crippen LogP contribution >= 0.6 is 0 Å². The zero-order valence-electron chi connectivity index (χ0n) is 17.3. The van der Waals surface area contributed by atoms with Crippen LogP contribution in [-0.2, 0) is 11.2 Å². The molecule has 2 aromatic carbocycles. The summed E-state index contributed by atoms with van der Waals surface area (Å²) in [7, 11) is 0. The van der Waals surface area contributed by atoms with E-state index in [4.69, 9.17) is 0 Å². The van der Waals surface area contributed by atoms with Gasteiger partial charge < -0.3 is 15.5 Å². The standard InChI is InChI=1S/C24H31N3O2/c1-18-11-9-10-16-27(18)23(28)19(2)25-24(29)26-22(21-14-7-4-8-15-21)17-20-12-5-3-6-13-20/h3-8,12-15,18-19,22H,9-11,16-17H2,1-2H3,(H2,25,26,29). The van der Waals surface area contributed by atoms with Gasteiger partial charge in [0, 0.05) is 12.6 Å². The molecule has 5 heteroatoms. The van der Waals surface area contributed by atoms with Gasteiger partial charge in [-0.25, -0.2) is 4.79 Å². The third kappa shape index (κ3) is 5.83. The number of nitrogens with one attached hydrogen (secondary N) is 2. The number of carbonyl (C=O) groups excluding carboxylic acids is 2. The third-order valence-corrected chi connectivity index (χ3v) is 5.59. The number of hydrogen-bond acceptors (Lipinski definition) is 2. The highest BCUT2D eigenvalue weighted by molar-refractivity contribution is 5.87. The Bertz CT molecular complexity index is 794. The molecule has 0 aromatic heterocycles. The van der Waals surface area contributed by atoms with Gasteiger partial charge >= 0.3 is 6.03 Å². The molecule has 1 aliphatic rings. The minimum Gasteiger partial charge on any atom is -0.338 e. The Hall–Kier alpha value is -2.82. The summed E-state index contributed by atoms with van der Waals surface area (Å²) in [6.07, 6.45) is 3.90. The summed E-state index contributed by atoms with van der Waals surface area (Å²) in [6, 6.07) is 19.2. The predicted octanol–water partition coefficient (Wildman–Crippen LogP) is 4.06. The summed E-state index contributed by atoms with van der Waals surface area (Å²) in [5.74, 6) is -0.00771. The number of rotatable bonds is 6. The number of carbonyl (C=O) groups is 2. The van der Waals surface area contributed by atoms with Crippen LogP contribution in [0.3, 0.4) is 0 Å². The van der Waals surface area contributed by atoms with E-state index < -0.39 is 6.04 Å². The molecule has 1 aliphatic heterocycles. The smallest absolute Gasteiger partial charge is 0.315 e. The molecule has 3 unspecified atom stereocenters. The summed E-state index contributed by atoms with van der Waals surface area (Å²) in [5.41, 5.74) is 2.18. The van der Waals surface area contributed by atoms with Gasteiger partial charge in [-0.05, 0) is 50.7 Å². The van der Waals surface area contributed by atoms with Crippen molar-refractivity contribution >= 4 is 11.9 Å². The first-order valence-corrected chi connectivity index (χ1v) is 10.5. The fourth-order valence-corrected chi connectivity index (χ4v) is 3.92. The zero-order chi connectivity index (χ0) is 20.6. The maximum Gasteiger partial charge on any atom is 0.315 e. The summed E-state index contributed by atoms with van der Waals surface area (Å²) < 4.78 is 0. The molecule has 0 bridgehead atoms. The molecule has 0 aliphatic carbocycles. The SMILES string of the molecule is CC(NC(=O)NC(Cc1ccccc1)c1ccccc1)C(=O)N1CCCCC1C. The zero-order valence-corrected chi connectivity index (χ0v) is 17.3. The van der Waals surface area contributed by atoms with Gasteiger partial charge in [-0.15, -0.1) is 0 Å². The molecule has 0 radical (unpaired) electrons. The molecular weight excluding hydrogens is 362 g/mol. The second-order valence-corrected chi connectivity index (χ2v) is 7.87. The van der Waals surface area contributed by atoms with Crippen LogP contribution in [0.15, 0.2) is 60.7 Å². The normalized spacial score (nSPS) is 18.6. The number of likely N-dealkylation sites (tertiary alicyclic amines) is 1. The van der Waals surface area contributed by atoms with Crippen LogP contribution in [0, 0.1) is 0 Å². The van der Waals surface area contributed by atoms with Gasteiger partial charge in [-0.1, -0.05) is 60.7 Å². The average Bonchev–Trinajstić information content (AvgIpc) is 2.74. The van der Waals surface area contributed by atoms with Crippen LogP contribution in [-0.4, -0.2) is 35.5 Å². The Morgan fingerprint density at radius 3 is 2.31 bits per heavy atom. The Balaban J connectivity index is 1.64. The molecule has 1 saturated heterocycles. The van der Waals surface area contributed by atoms with Crippen molar-refractivity contribution in [2.24, 2.45) is 0 Å². The molecule has 1 fully saturated rings. The topological polar surface area (TPSA) is 61.4 Å². The molecule has 0 saturated carbocycles. The monoisotopic (exact) mass is 393 g/mol. The molecular formula is C24H31N3O2. The summed E-state index contributed by atoms with van der Waals surface area (Å²) in [6.45, 7) is 4.61. The van der Waals surface area contributed by atoms with Gasteiger partial charge in [0.05, 0.1) is 6.04 Å². The number of hydrogen-bond donors (Lipinski definition) is 2. The van der Waals surface area contributed by atoms with Crippen molar-refractivity contribution in [3.05, 3.63) is 71.8 Å². The second kappa shape index (κ2) is 10.1. The molecule has 1 heterocycles. The largest absolute Gasteiger partial charge is 0.338 e. The molecule has 3 amide bonds. The molecule has 3 rings (SSSR count). The lowest BCUT2D eigenvalue weighted by Crippen LogP contribution is -2.53. The number of amides is 3. The number of piperidine rings is 1. The molecule has 2 N–H and O–H groups in total. The summed E-state index contributed by atoms with van der Waals surface area (Å²) in [5, 5.41) is 5.90. The lowest BCUT2D eigenvalue weighted by atomic mass is 9.99. The minimum absolute atomic E-state index is 0.00771. The van der Waals surface area contributed by atoms with E-state index >= 15 is 0 Å². The van der Waals surface area contributed by atoms with Crippen molar-refractivity contribution in [3.8, 4) is 0 Å². The van der Waals surface area contributed by atoms with Crippen LogP contribution in [0.1, 0.15) is 50.3 Å². The quantitative estimate of drug-likeness (QED) is 0.777. The number of nitrogens with zero attached hydrogens (tertiary/aromatic N) is 1. The first-order valence-electron chi connectivity index (χ1n) is 10.5. The highest BCUT2D eigenvalue weighted by Crippen LogP contribution is 2.19. The fraction of sp³-hybridized carbons (Fsp3) is 0.417. The van der Waals surface area contributed by atoms with Gasteiger partial charge in [-0.3, -0.25) is 4.79 Å². The third-order valence-electron chi connectivity index (χ3n) is 5.59. The molecule has 29 heavy (non-hydrogen) atoms. The number of benzene rings is 2. The highest BCUT2D eigenvalue weighted by atomic mass is 16.2. The maximum absolute atomic E-state index is 12.8. The van der Waals surface area contributed by atoms with Gasteiger partial charge in [0.25, 0.3) is 0 Å². The van der Waals surface area contributed by atoms with E-state index in [1.165, 1.54) is 0 Å². The molecule has 154 valence electrons. The van der Waals surface area contributed by atoms with E-state index in [9.17, 15) is 9.59 Å². The highest BCUT2D eigenvalue weighted by Gasteiger charge is 2.28. The van der Waals surface area contributed by atoms with Crippen LogP contribution in [0.4, 0.5) is 4.79 Å². The molecule has 2 aromatic rings. The predicted molar refractivity (Wildman–Crippen MR) is 115 cm³/mol. The Morgan fingerprint density at radius 2 is 1.66 bits per heavy atom. The average molecular weight is 394 g/mol. The van der Waals surface area contributed by atoms with Gasteiger partial charge in [0.1, 0.15) is 6.04 Å². The summed E-state index contributed by atoms with van der Waals surface area (Å²) >= 11 is 0. The fourth-order valence-electron chi connectivity index (χ4n) is 3.92. The van der Waals surface area contributed by atoms with Crippen molar-refractivity contribution in [1.29, 1.82) is 0 Å². The van der Waals surface area contributed by atoms with Crippen molar-refractivity contribution in [1.82, 2.24) is 15.5 Å². The Kier molecular flexibility index (Phi) is 7.28. The van der Waals surface area contributed by atoms with Crippen LogP contribution in [0.25, 0.3) is 0 Å². The van der Waals surface area contributed by atoms with Crippen LogP contribution in [0.2, 0.25) is 0 Å². The Labute approximate surface area is 173 Å². The summed E-state index contributed by atoms with van der Waals surface area (Å²) in [4.78, 5) is 27.4. The van der Waals surface area contributed by atoms with E-state index in [-0.39, 0.29) is 24.0 Å². The van der Waals surface area contributed by atoms with Gasteiger partial charge in [0.15, 0.2) is 0 Å². The van der Waals surface area contributed by atoms with E-state index in [1.54, 1.807) is 6.92 Å². The molecule has 3 atom stereocenters. The van der Waals surface area contributed by atoms with Gasteiger partial charge in [0.2, 0.25) is 5.91 Å².